The number of hydrogen-bond acceptors (Lipinski definition) is 3. The van der Waals surface area contributed by atoms with Gasteiger partial charge in [0.25, 0.3) is 0 Å². The topological polar surface area (TPSA) is 53.2 Å². The van der Waals surface area contributed by atoms with Gasteiger partial charge in [0.2, 0.25) is 5.91 Å². The molecule has 1 aliphatic rings. The Morgan fingerprint density at radius 3 is 2.22 bits per heavy atom. The molecular formula is C14H29N3O. The molecule has 1 amide bonds. The highest BCUT2D eigenvalue weighted by atomic mass is 16.2. The summed E-state index contributed by atoms with van der Waals surface area (Å²) >= 11 is 0. The molecule has 0 radical (unpaired) electrons. The molecule has 3 N–H and O–H groups in total. The Kier molecular flexibility index (Phi) is 6.09. The third-order valence-electron chi connectivity index (χ3n) is 3.88. The largest absolute Gasteiger partial charge is 0.354 e. The zero-order valence-electron chi connectivity index (χ0n) is 12.4. The maximum Gasteiger partial charge on any atom is 0.238 e. The van der Waals surface area contributed by atoms with Crippen molar-refractivity contribution in [2.45, 2.75) is 46.7 Å². The molecule has 4 nitrogen and oxygen atoms in total. The maximum atomic E-state index is 12.0. The fourth-order valence-corrected chi connectivity index (χ4v) is 2.55. The highest BCUT2D eigenvalue weighted by Crippen LogP contribution is 2.19. The second-order valence-corrected chi connectivity index (χ2v) is 6.17. The van der Waals surface area contributed by atoms with Crippen molar-refractivity contribution in [2.24, 2.45) is 17.8 Å². The van der Waals surface area contributed by atoms with Crippen LogP contribution >= 0.6 is 0 Å². The molecule has 1 heterocycles. The predicted octanol–water partition coefficient (Wildman–Crippen LogP) is 0.981. The van der Waals surface area contributed by atoms with Gasteiger partial charge >= 0.3 is 0 Å². The Morgan fingerprint density at radius 1 is 1.17 bits per heavy atom. The van der Waals surface area contributed by atoms with E-state index in [4.69, 9.17) is 0 Å². The van der Waals surface area contributed by atoms with E-state index in [9.17, 15) is 4.79 Å². The van der Waals surface area contributed by atoms with E-state index < -0.39 is 0 Å². The standard InChI is InChI=1S/C14H29N3O/c1-9(2)12(10(3)4)7-17-14(18)13-8-15-11(5)6-16-13/h9-13,15-16H,6-8H2,1-5H3,(H,17,18). The lowest BCUT2D eigenvalue weighted by atomic mass is 9.85. The van der Waals surface area contributed by atoms with Gasteiger partial charge in [-0.3, -0.25) is 4.79 Å². The monoisotopic (exact) mass is 255 g/mol. The fourth-order valence-electron chi connectivity index (χ4n) is 2.55. The summed E-state index contributed by atoms with van der Waals surface area (Å²) in [4.78, 5) is 12.0. The van der Waals surface area contributed by atoms with Crippen molar-refractivity contribution in [3.8, 4) is 0 Å². The lowest BCUT2D eigenvalue weighted by molar-refractivity contribution is -0.123. The number of carbonyl (C=O) groups is 1. The maximum absolute atomic E-state index is 12.0. The quantitative estimate of drug-likeness (QED) is 0.686. The zero-order chi connectivity index (χ0) is 13.7. The number of carbonyl (C=O) groups excluding carboxylic acids is 1. The lowest BCUT2D eigenvalue weighted by Gasteiger charge is -2.30. The number of hydrogen-bond donors (Lipinski definition) is 3. The van der Waals surface area contributed by atoms with Crippen molar-refractivity contribution in [1.29, 1.82) is 0 Å². The average molecular weight is 255 g/mol. The summed E-state index contributed by atoms with van der Waals surface area (Å²) in [6.07, 6.45) is 0. The molecule has 2 atom stereocenters. The van der Waals surface area contributed by atoms with E-state index in [1.54, 1.807) is 0 Å². The molecule has 1 rings (SSSR count). The van der Waals surface area contributed by atoms with Gasteiger partial charge in [-0.05, 0) is 24.7 Å². The molecule has 4 heteroatoms. The first kappa shape index (κ1) is 15.4. The van der Waals surface area contributed by atoms with Gasteiger partial charge in [-0.2, -0.15) is 0 Å². The fraction of sp³-hybridized carbons (Fsp3) is 0.929. The second kappa shape index (κ2) is 7.10. The normalized spacial score (nSPS) is 24.9. The Bertz CT molecular complexity index is 250. The van der Waals surface area contributed by atoms with Crippen LogP contribution in [0.15, 0.2) is 0 Å². The third kappa shape index (κ3) is 4.58. The highest BCUT2D eigenvalue weighted by molar-refractivity contribution is 5.82. The molecule has 0 bridgehead atoms. The molecule has 0 spiro atoms. The number of piperazine rings is 1. The summed E-state index contributed by atoms with van der Waals surface area (Å²) in [5, 5.41) is 9.69. The summed E-state index contributed by atoms with van der Waals surface area (Å²) in [5.41, 5.74) is 0. The molecule has 106 valence electrons. The van der Waals surface area contributed by atoms with Crippen LogP contribution < -0.4 is 16.0 Å². The van der Waals surface area contributed by atoms with Gasteiger partial charge in [-0.15, -0.1) is 0 Å². The van der Waals surface area contributed by atoms with E-state index in [1.807, 2.05) is 0 Å². The van der Waals surface area contributed by atoms with Crippen LogP contribution in [0.3, 0.4) is 0 Å². The molecule has 0 aromatic carbocycles. The Morgan fingerprint density at radius 2 is 1.78 bits per heavy atom. The van der Waals surface area contributed by atoms with Crippen LogP contribution in [-0.2, 0) is 4.79 Å². The van der Waals surface area contributed by atoms with E-state index in [0.717, 1.165) is 19.6 Å². The van der Waals surface area contributed by atoms with Crippen LogP contribution in [0.25, 0.3) is 0 Å². The first-order chi connectivity index (χ1) is 8.41. The molecule has 1 fully saturated rings. The van der Waals surface area contributed by atoms with Crippen LogP contribution in [0.2, 0.25) is 0 Å². The van der Waals surface area contributed by atoms with E-state index >= 15 is 0 Å². The summed E-state index contributed by atoms with van der Waals surface area (Å²) in [5.74, 6) is 1.87. The van der Waals surface area contributed by atoms with Gasteiger partial charge in [-0.25, -0.2) is 0 Å². The smallest absolute Gasteiger partial charge is 0.238 e. The minimum atomic E-state index is -0.0822. The highest BCUT2D eigenvalue weighted by Gasteiger charge is 2.24. The second-order valence-electron chi connectivity index (χ2n) is 6.17. The van der Waals surface area contributed by atoms with Gasteiger partial charge in [0.1, 0.15) is 0 Å². The molecule has 0 saturated carbocycles. The van der Waals surface area contributed by atoms with E-state index in [-0.39, 0.29) is 11.9 Å². The first-order valence-electron chi connectivity index (χ1n) is 7.16. The molecular weight excluding hydrogens is 226 g/mol. The molecule has 1 aliphatic heterocycles. The predicted molar refractivity (Wildman–Crippen MR) is 75.4 cm³/mol. The van der Waals surface area contributed by atoms with Crippen LogP contribution in [-0.4, -0.2) is 37.6 Å². The van der Waals surface area contributed by atoms with Crippen LogP contribution in [0.5, 0.6) is 0 Å². The molecule has 0 aromatic heterocycles. The summed E-state index contributed by atoms with van der Waals surface area (Å²) in [7, 11) is 0. The van der Waals surface area contributed by atoms with Gasteiger partial charge in [0, 0.05) is 25.7 Å². The lowest BCUT2D eigenvalue weighted by Crippen LogP contribution is -2.59. The van der Waals surface area contributed by atoms with Gasteiger partial charge in [-0.1, -0.05) is 27.7 Å². The third-order valence-corrected chi connectivity index (χ3v) is 3.88. The minimum Gasteiger partial charge on any atom is -0.354 e. The number of rotatable bonds is 5. The van der Waals surface area contributed by atoms with Crippen molar-refractivity contribution in [2.75, 3.05) is 19.6 Å². The van der Waals surface area contributed by atoms with Crippen molar-refractivity contribution < 1.29 is 4.79 Å². The summed E-state index contributed by atoms with van der Waals surface area (Å²) in [6.45, 7) is 13.4. The van der Waals surface area contributed by atoms with E-state index in [0.29, 0.717) is 23.8 Å². The van der Waals surface area contributed by atoms with Crippen molar-refractivity contribution >= 4 is 5.91 Å². The Labute approximate surface area is 111 Å². The molecule has 0 aliphatic carbocycles. The first-order valence-corrected chi connectivity index (χ1v) is 7.16. The zero-order valence-corrected chi connectivity index (χ0v) is 12.4. The van der Waals surface area contributed by atoms with Crippen LogP contribution in [0.1, 0.15) is 34.6 Å². The minimum absolute atomic E-state index is 0.0822. The van der Waals surface area contributed by atoms with Gasteiger partial charge in [0.15, 0.2) is 0 Å². The summed E-state index contributed by atoms with van der Waals surface area (Å²) < 4.78 is 0. The Hall–Kier alpha value is -0.610. The number of nitrogens with one attached hydrogen (secondary N) is 3. The van der Waals surface area contributed by atoms with Gasteiger partial charge < -0.3 is 16.0 Å². The van der Waals surface area contributed by atoms with Crippen LogP contribution in [0.4, 0.5) is 0 Å². The van der Waals surface area contributed by atoms with E-state index in [1.165, 1.54) is 0 Å². The van der Waals surface area contributed by atoms with Crippen molar-refractivity contribution in [3.63, 3.8) is 0 Å². The molecule has 0 aromatic rings. The molecule has 2 unspecified atom stereocenters. The van der Waals surface area contributed by atoms with Crippen molar-refractivity contribution in [1.82, 2.24) is 16.0 Å². The summed E-state index contributed by atoms with van der Waals surface area (Å²) in [6, 6.07) is 0.370. The number of amides is 1. The van der Waals surface area contributed by atoms with Gasteiger partial charge in [0.05, 0.1) is 6.04 Å². The molecule has 18 heavy (non-hydrogen) atoms. The Balaban J connectivity index is 2.36. The van der Waals surface area contributed by atoms with Crippen molar-refractivity contribution in [3.05, 3.63) is 0 Å². The molecule has 1 saturated heterocycles. The van der Waals surface area contributed by atoms with Crippen LogP contribution in [0, 0.1) is 17.8 Å². The van der Waals surface area contributed by atoms with E-state index in [2.05, 4.69) is 50.6 Å². The average Bonchev–Trinajstić information content (AvgIpc) is 2.28. The SMILES string of the molecule is CC1CNC(C(=O)NCC(C(C)C)C(C)C)CN1.